The number of methoxy groups -OCH3 is 1. The summed E-state index contributed by atoms with van der Waals surface area (Å²) < 4.78 is 23.4. The number of hydrogen-bond acceptors (Lipinski definition) is 3. The SMILES string of the molecule is COc1cc(C(=O)O)c(Cl)cc1OCc1ccc(F)cc1. The van der Waals surface area contributed by atoms with Gasteiger partial charge in [0.2, 0.25) is 0 Å². The second-order valence-electron chi connectivity index (χ2n) is 4.20. The van der Waals surface area contributed by atoms with Crippen molar-refractivity contribution in [2.75, 3.05) is 7.11 Å². The fourth-order valence-electron chi connectivity index (χ4n) is 1.71. The van der Waals surface area contributed by atoms with Gasteiger partial charge in [0.15, 0.2) is 11.5 Å². The minimum atomic E-state index is -1.15. The van der Waals surface area contributed by atoms with E-state index in [9.17, 15) is 9.18 Å². The van der Waals surface area contributed by atoms with Crippen LogP contribution in [0.15, 0.2) is 36.4 Å². The molecule has 0 radical (unpaired) electrons. The van der Waals surface area contributed by atoms with E-state index >= 15 is 0 Å². The predicted octanol–water partition coefficient (Wildman–Crippen LogP) is 3.76. The lowest BCUT2D eigenvalue weighted by Crippen LogP contribution is -2.02. The third-order valence-electron chi connectivity index (χ3n) is 2.79. The molecular weight excluding hydrogens is 299 g/mol. The van der Waals surface area contributed by atoms with Crippen molar-refractivity contribution in [2.45, 2.75) is 6.61 Å². The molecule has 2 rings (SSSR count). The van der Waals surface area contributed by atoms with Crippen LogP contribution in [0.3, 0.4) is 0 Å². The Hall–Kier alpha value is -2.27. The summed E-state index contributed by atoms with van der Waals surface area (Å²) in [5.41, 5.74) is 0.694. The van der Waals surface area contributed by atoms with Crippen molar-refractivity contribution >= 4 is 17.6 Å². The van der Waals surface area contributed by atoms with Crippen LogP contribution in [-0.4, -0.2) is 18.2 Å². The number of carbonyl (C=O) groups is 1. The highest BCUT2D eigenvalue weighted by Gasteiger charge is 2.15. The van der Waals surface area contributed by atoms with E-state index in [1.165, 1.54) is 31.4 Å². The Kier molecular flexibility index (Phi) is 4.65. The summed E-state index contributed by atoms with van der Waals surface area (Å²) in [7, 11) is 1.40. The predicted molar refractivity (Wildman–Crippen MR) is 75.7 cm³/mol. The normalized spacial score (nSPS) is 10.2. The van der Waals surface area contributed by atoms with E-state index < -0.39 is 5.97 Å². The first kappa shape index (κ1) is 15.1. The topological polar surface area (TPSA) is 55.8 Å². The zero-order valence-electron chi connectivity index (χ0n) is 11.1. The van der Waals surface area contributed by atoms with Crippen molar-refractivity contribution in [3.05, 3.63) is 58.4 Å². The summed E-state index contributed by atoms with van der Waals surface area (Å²) in [6.45, 7) is 0.180. The smallest absolute Gasteiger partial charge is 0.337 e. The average molecular weight is 311 g/mol. The molecule has 0 aliphatic rings. The third kappa shape index (κ3) is 3.64. The second-order valence-corrected chi connectivity index (χ2v) is 4.61. The van der Waals surface area contributed by atoms with E-state index in [4.69, 9.17) is 26.2 Å². The Balaban J connectivity index is 2.21. The van der Waals surface area contributed by atoms with Crippen LogP contribution in [0.25, 0.3) is 0 Å². The fourth-order valence-corrected chi connectivity index (χ4v) is 1.95. The van der Waals surface area contributed by atoms with E-state index in [1.54, 1.807) is 12.1 Å². The van der Waals surface area contributed by atoms with Gasteiger partial charge in [-0.15, -0.1) is 0 Å². The molecule has 0 atom stereocenters. The van der Waals surface area contributed by atoms with Crippen molar-refractivity contribution in [1.82, 2.24) is 0 Å². The van der Waals surface area contributed by atoms with Gasteiger partial charge in [-0.3, -0.25) is 0 Å². The van der Waals surface area contributed by atoms with Gasteiger partial charge in [-0.2, -0.15) is 0 Å². The van der Waals surface area contributed by atoms with Crippen molar-refractivity contribution in [2.24, 2.45) is 0 Å². The van der Waals surface area contributed by atoms with Crippen LogP contribution in [0.2, 0.25) is 5.02 Å². The monoisotopic (exact) mass is 310 g/mol. The average Bonchev–Trinajstić information content (AvgIpc) is 2.46. The molecular formula is C15H12ClFO4. The molecule has 1 N–H and O–H groups in total. The molecule has 0 spiro atoms. The molecule has 6 heteroatoms. The standard InChI is InChI=1S/C15H12ClFO4/c1-20-13-6-11(15(18)19)12(16)7-14(13)21-8-9-2-4-10(17)5-3-9/h2-7H,8H2,1H3,(H,18,19). The summed E-state index contributed by atoms with van der Waals surface area (Å²) in [6, 6.07) is 8.52. The lowest BCUT2D eigenvalue weighted by atomic mass is 10.2. The molecule has 4 nitrogen and oxygen atoms in total. The van der Waals surface area contributed by atoms with Crippen LogP contribution in [0.1, 0.15) is 15.9 Å². The van der Waals surface area contributed by atoms with Gasteiger partial charge in [0.25, 0.3) is 0 Å². The van der Waals surface area contributed by atoms with Crippen molar-refractivity contribution in [3.8, 4) is 11.5 Å². The molecule has 0 bridgehead atoms. The second kappa shape index (κ2) is 6.45. The zero-order valence-corrected chi connectivity index (χ0v) is 11.9. The first-order chi connectivity index (χ1) is 10.0. The maximum Gasteiger partial charge on any atom is 0.337 e. The highest BCUT2D eigenvalue weighted by Crippen LogP contribution is 2.33. The summed E-state index contributed by atoms with van der Waals surface area (Å²) in [5, 5.41) is 9.05. The Morgan fingerprint density at radius 2 is 1.90 bits per heavy atom. The lowest BCUT2D eigenvalue weighted by molar-refractivity contribution is 0.0696. The van der Waals surface area contributed by atoms with Crippen LogP contribution in [0.5, 0.6) is 11.5 Å². The van der Waals surface area contributed by atoms with Crippen LogP contribution in [-0.2, 0) is 6.61 Å². The number of carboxylic acid groups (broad SMARTS) is 1. The molecule has 21 heavy (non-hydrogen) atoms. The van der Waals surface area contributed by atoms with Gasteiger partial charge in [-0.1, -0.05) is 23.7 Å². The number of benzene rings is 2. The highest BCUT2D eigenvalue weighted by atomic mass is 35.5. The number of carboxylic acids is 1. The molecule has 2 aromatic carbocycles. The minimum absolute atomic E-state index is 0.0532. The Labute approximate surface area is 125 Å². The number of ether oxygens (including phenoxy) is 2. The summed E-state index contributed by atoms with van der Waals surface area (Å²) >= 11 is 5.89. The van der Waals surface area contributed by atoms with E-state index in [2.05, 4.69) is 0 Å². The van der Waals surface area contributed by atoms with Crippen LogP contribution in [0, 0.1) is 5.82 Å². The van der Waals surface area contributed by atoms with E-state index in [0.717, 1.165) is 5.56 Å². The summed E-state index contributed by atoms with van der Waals surface area (Å²) in [4.78, 5) is 11.0. The van der Waals surface area contributed by atoms with E-state index in [0.29, 0.717) is 5.75 Å². The molecule has 0 saturated carbocycles. The summed E-state index contributed by atoms with van der Waals surface area (Å²) in [6.07, 6.45) is 0. The van der Waals surface area contributed by atoms with Gasteiger partial charge in [0.05, 0.1) is 17.7 Å². The van der Waals surface area contributed by atoms with E-state index in [1.807, 2.05) is 0 Å². The molecule has 0 aliphatic carbocycles. The number of aromatic carboxylic acids is 1. The van der Waals surface area contributed by atoms with Gasteiger partial charge in [-0.05, 0) is 23.8 Å². The summed E-state index contributed by atoms with van der Waals surface area (Å²) in [5.74, 6) is -0.899. The van der Waals surface area contributed by atoms with Crippen molar-refractivity contribution in [1.29, 1.82) is 0 Å². The Morgan fingerprint density at radius 3 is 2.48 bits per heavy atom. The maximum absolute atomic E-state index is 12.8. The van der Waals surface area contributed by atoms with Gasteiger partial charge in [0.1, 0.15) is 12.4 Å². The molecule has 0 unspecified atom stereocenters. The van der Waals surface area contributed by atoms with Gasteiger partial charge in [-0.25, -0.2) is 9.18 Å². The number of halogens is 2. The molecule has 110 valence electrons. The zero-order chi connectivity index (χ0) is 15.4. The van der Waals surface area contributed by atoms with Crippen LogP contribution < -0.4 is 9.47 Å². The largest absolute Gasteiger partial charge is 0.493 e. The highest BCUT2D eigenvalue weighted by molar-refractivity contribution is 6.33. The van der Waals surface area contributed by atoms with Gasteiger partial charge in [0, 0.05) is 6.07 Å². The molecule has 0 amide bonds. The molecule has 0 aromatic heterocycles. The number of rotatable bonds is 5. The maximum atomic E-state index is 12.8. The Morgan fingerprint density at radius 1 is 1.24 bits per heavy atom. The molecule has 0 fully saturated rings. The van der Waals surface area contributed by atoms with Gasteiger partial charge >= 0.3 is 5.97 Å². The van der Waals surface area contributed by atoms with Crippen molar-refractivity contribution in [3.63, 3.8) is 0 Å². The minimum Gasteiger partial charge on any atom is -0.493 e. The fraction of sp³-hybridized carbons (Fsp3) is 0.133. The molecule has 0 saturated heterocycles. The van der Waals surface area contributed by atoms with E-state index in [-0.39, 0.29) is 28.8 Å². The first-order valence-electron chi connectivity index (χ1n) is 5.99. The van der Waals surface area contributed by atoms with Crippen molar-refractivity contribution < 1.29 is 23.8 Å². The Bertz CT molecular complexity index is 655. The lowest BCUT2D eigenvalue weighted by Gasteiger charge is -2.12. The first-order valence-corrected chi connectivity index (χ1v) is 6.37. The molecule has 0 aliphatic heterocycles. The van der Waals surface area contributed by atoms with Crippen LogP contribution in [0.4, 0.5) is 4.39 Å². The third-order valence-corrected chi connectivity index (χ3v) is 3.10. The van der Waals surface area contributed by atoms with Crippen LogP contribution >= 0.6 is 11.6 Å². The molecule has 0 heterocycles. The number of hydrogen-bond donors (Lipinski definition) is 1. The quantitative estimate of drug-likeness (QED) is 0.913. The molecule has 2 aromatic rings. The van der Waals surface area contributed by atoms with Gasteiger partial charge < -0.3 is 14.6 Å².